The molecule has 0 N–H and O–H groups in total. The molecule has 1 aromatic carbocycles. The van der Waals surface area contributed by atoms with E-state index >= 15 is 0 Å². The highest BCUT2D eigenvalue weighted by molar-refractivity contribution is 7.71. The Morgan fingerprint density at radius 3 is 2.61 bits per heavy atom. The van der Waals surface area contributed by atoms with Gasteiger partial charge in [0.2, 0.25) is 5.89 Å². The van der Waals surface area contributed by atoms with Crippen molar-refractivity contribution in [2.24, 2.45) is 0 Å². The zero-order valence-electron chi connectivity index (χ0n) is 13.2. The smallest absolute Gasteiger partial charge is 0.288 e. The molecule has 2 aromatic rings. The molecule has 0 atom stereocenters. The van der Waals surface area contributed by atoms with Crippen LogP contribution in [0.15, 0.2) is 22.6 Å². The first-order valence-corrected chi connectivity index (χ1v) is 7.72. The third-order valence-corrected chi connectivity index (χ3v) is 3.97. The van der Waals surface area contributed by atoms with Crippen molar-refractivity contribution in [2.45, 2.75) is 6.67 Å². The number of aromatic nitrogens is 2. The molecule has 0 unspecified atom stereocenters. The fourth-order valence-corrected chi connectivity index (χ4v) is 2.59. The molecule has 1 saturated heterocycles. The first-order chi connectivity index (χ1) is 11.2. The first kappa shape index (κ1) is 16.0. The number of methoxy groups -OCH3 is 2. The highest BCUT2D eigenvalue weighted by Gasteiger charge is 2.15. The van der Waals surface area contributed by atoms with E-state index in [9.17, 15) is 0 Å². The maximum absolute atomic E-state index is 5.63. The lowest BCUT2D eigenvalue weighted by molar-refractivity contribution is 0.0206. The van der Waals surface area contributed by atoms with Gasteiger partial charge in [0.1, 0.15) is 0 Å². The molecule has 0 amide bonds. The van der Waals surface area contributed by atoms with Crippen LogP contribution in [0.25, 0.3) is 11.5 Å². The van der Waals surface area contributed by atoms with E-state index in [1.807, 2.05) is 18.2 Å². The van der Waals surface area contributed by atoms with E-state index < -0.39 is 0 Å². The molecule has 23 heavy (non-hydrogen) atoms. The normalized spacial score (nSPS) is 15.6. The molecule has 0 radical (unpaired) electrons. The van der Waals surface area contributed by atoms with Gasteiger partial charge in [0.15, 0.2) is 11.5 Å². The molecule has 0 spiro atoms. The number of hydrogen-bond donors (Lipinski definition) is 0. The minimum Gasteiger partial charge on any atom is -0.493 e. The molecular formula is C15H19N3O4S. The summed E-state index contributed by atoms with van der Waals surface area (Å²) >= 11 is 5.27. The van der Waals surface area contributed by atoms with E-state index in [4.69, 9.17) is 30.8 Å². The minimum atomic E-state index is 0.348. The van der Waals surface area contributed by atoms with Crippen LogP contribution in [0.1, 0.15) is 0 Å². The van der Waals surface area contributed by atoms with Crippen LogP contribution in [0, 0.1) is 4.84 Å². The quantitative estimate of drug-likeness (QED) is 0.775. The van der Waals surface area contributed by atoms with Crippen molar-refractivity contribution >= 4 is 12.2 Å². The van der Waals surface area contributed by atoms with Gasteiger partial charge in [-0.3, -0.25) is 4.90 Å². The van der Waals surface area contributed by atoms with Crippen LogP contribution >= 0.6 is 12.2 Å². The Bertz CT molecular complexity index is 722. The number of rotatable bonds is 5. The molecule has 2 heterocycles. The average molecular weight is 337 g/mol. The van der Waals surface area contributed by atoms with Gasteiger partial charge in [-0.25, -0.2) is 4.68 Å². The molecule has 0 saturated carbocycles. The van der Waals surface area contributed by atoms with E-state index in [1.54, 1.807) is 18.9 Å². The zero-order chi connectivity index (χ0) is 16.2. The molecular weight excluding hydrogens is 318 g/mol. The fraction of sp³-hybridized carbons (Fsp3) is 0.467. The van der Waals surface area contributed by atoms with E-state index in [0.717, 1.165) is 31.9 Å². The second kappa shape index (κ2) is 7.12. The number of hydrogen-bond acceptors (Lipinski definition) is 7. The number of ether oxygens (including phenoxy) is 3. The van der Waals surface area contributed by atoms with Crippen LogP contribution in [0.5, 0.6) is 11.5 Å². The van der Waals surface area contributed by atoms with E-state index in [-0.39, 0.29) is 0 Å². The van der Waals surface area contributed by atoms with Gasteiger partial charge in [-0.2, -0.15) is 0 Å². The molecule has 7 nitrogen and oxygen atoms in total. The Hall–Kier alpha value is -1.90. The van der Waals surface area contributed by atoms with E-state index in [1.165, 1.54) is 0 Å². The first-order valence-electron chi connectivity index (χ1n) is 7.31. The largest absolute Gasteiger partial charge is 0.493 e. The third-order valence-electron chi connectivity index (χ3n) is 3.67. The summed E-state index contributed by atoms with van der Waals surface area (Å²) in [5, 5.41) is 4.47. The molecule has 0 aliphatic carbocycles. The summed E-state index contributed by atoms with van der Waals surface area (Å²) in [6.07, 6.45) is 0. The zero-order valence-corrected chi connectivity index (χ0v) is 14.0. The lowest BCUT2D eigenvalue weighted by atomic mass is 10.2. The Balaban J connectivity index is 1.83. The molecule has 1 aromatic heterocycles. The molecule has 1 aliphatic heterocycles. The molecule has 8 heteroatoms. The van der Waals surface area contributed by atoms with Gasteiger partial charge in [0, 0.05) is 18.7 Å². The summed E-state index contributed by atoms with van der Waals surface area (Å²) in [6.45, 7) is 3.78. The van der Waals surface area contributed by atoms with Crippen LogP contribution in [-0.4, -0.2) is 55.2 Å². The maximum Gasteiger partial charge on any atom is 0.288 e. The Labute approximate surface area is 139 Å². The van der Waals surface area contributed by atoms with Crippen LogP contribution in [0.2, 0.25) is 0 Å². The highest BCUT2D eigenvalue weighted by atomic mass is 32.1. The lowest BCUT2D eigenvalue weighted by Gasteiger charge is -2.25. The van der Waals surface area contributed by atoms with Crippen molar-refractivity contribution in [1.29, 1.82) is 0 Å². The molecule has 124 valence electrons. The van der Waals surface area contributed by atoms with Crippen molar-refractivity contribution in [3.8, 4) is 23.0 Å². The standard InChI is InChI=1S/C15H19N3O4S/c1-19-12-4-3-11(9-13(12)20-2)14-16-18(15(23)22-14)10-17-5-7-21-8-6-17/h3-4,9H,5-8,10H2,1-2H3. The van der Waals surface area contributed by atoms with Crippen molar-refractivity contribution in [1.82, 2.24) is 14.7 Å². The minimum absolute atomic E-state index is 0.348. The highest BCUT2D eigenvalue weighted by Crippen LogP contribution is 2.31. The molecule has 1 fully saturated rings. The Morgan fingerprint density at radius 1 is 1.17 bits per heavy atom. The topological polar surface area (TPSA) is 61.9 Å². The van der Waals surface area contributed by atoms with E-state index in [2.05, 4.69) is 10.00 Å². The predicted octanol–water partition coefficient (Wildman–Crippen LogP) is 2.18. The van der Waals surface area contributed by atoms with Gasteiger partial charge in [-0.1, -0.05) is 0 Å². The third kappa shape index (κ3) is 3.54. The van der Waals surface area contributed by atoms with Crippen LogP contribution in [-0.2, 0) is 11.4 Å². The summed E-state index contributed by atoms with van der Waals surface area (Å²) < 4.78 is 23.2. The molecule has 0 bridgehead atoms. The predicted molar refractivity (Wildman–Crippen MR) is 86.3 cm³/mol. The fourth-order valence-electron chi connectivity index (χ4n) is 2.41. The number of morpholine rings is 1. The van der Waals surface area contributed by atoms with Crippen molar-refractivity contribution < 1.29 is 18.6 Å². The van der Waals surface area contributed by atoms with Gasteiger partial charge >= 0.3 is 0 Å². The Morgan fingerprint density at radius 2 is 1.91 bits per heavy atom. The van der Waals surface area contributed by atoms with Gasteiger partial charge in [-0.15, -0.1) is 5.10 Å². The SMILES string of the molecule is COc1ccc(-c2nn(CN3CCOCC3)c(=S)o2)cc1OC. The second-order valence-corrected chi connectivity index (χ2v) is 5.46. The van der Waals surface area contributed by atoms with Gasteiger partial charge < -0.3 is 18.6 Å². The average Bonchev–Trinajstić information content (AvgIpc) is 2.96. The lowest BCUT2D eigenvalue weighted by Crippen LogP contribution is -2.37. The van der Waals surface area contributed by atoms with Gasteiger partial charge in [0.05, 0.1) is 34.1 Å². The van der Waals surface area contributed by atoms with E-state index in [0.29, 0.717) is 28.9 Å². The molecule has 1 aliphatic rings. The summed E-state index contributed by atoms with van der Waals surface area (Å²) in [6, 6.07) is 5.49. The number of benzene rings is 1. The van der Waals surface area contributed by atoms with Crippen LogP contribution in [0.3, 0.4) is 0 Å². The number of nitrogens with zero attached hydrogens (tertiary/aromatic N) is 3. The van der Waals surface area contributed by atoms with Crippen LogP contribution < -0.4 is 9.47 Å². The van der Waals surface area contributed by atoms with Crippen molar-refractivity contribution in [3.05, 3.63) is 23.0 Å². The van der Waals surface area contributed by atoms with Crippen LogP contribution in [0.4, 0.5) is 0 Å². The van der Waals surface area contributed by atoms with Gasteiger partial charge in [-0.05, 0) is 30.4 Å². The molecule has 3 rings (SSSR count). The summed E-state index contributed by atoms with van der Waals surface area (Å²) in [5.41, 5.74) is 0.787. The van der Waals surface area contributed by atoms with Gasteiger partial charge in [0.25, 0.3) is 4.84 Å². The monoisotopic (exact) mass is 337 g/mol. The second-order valence-electron chi connectivity index (χ2n) is 5.11. The summed E-state index contributed by atoms with van der Waals surface area (Å²) in [5.74, 6) is 1.74. The Kier molecular flexibility index (Phi) is 4.94. The summed E-state index contributed by atoms with van der Waals surface area (Å²) in [4.78, 5) is 2.57. The summed E-state index contributed by atoms with van der Waals surface area (Å²) in [7, 11) is 3.19. The van der Waals surface area contributed by atoms with Crippen molar-refractivity contribution in [2.75, 3.05) is 40.5 Å². The van der Waals surface area contributed by atoms with Crippen molar-refractivity contribution in [3.63, 3.8) is 0 Å². The maximum atomic E-state index is 5.63.